The molecule has 2 aromatic carbocycles. The first kappa shape index (κ1) is 20.9. The van der Waals surface area contributed by atoms with E-state index in [2.05, 4.69) is 38.1 Å². The number of fused-ring (bicyclic) bond motifs is 1. The number of hydrogen-bond donors (Lipinski definition) is 1. The average Bonchev–Trinajstić information content (AvgIpc) is 3.36. The lowest BCUT2D eigenvalue weighted by Gasteiger charge is -2.13. The first-order valence-electron chi connectivity index (χ1n) is 10.3. The zero-order chi connectivity index (χ0) is 21.1. The van der Waals surface area contributed by atoms with E-state index in [0.717, 1.165) is 51.7 Å². The molecule has 1 aliphatic rings. The summed E-state index contributed by atoms with van der Waals surface area (Å²) >= 11 is 3.58. The van der Waals surface area contributed by atoms with Gasteiger partial charge in [-0.3, -0.25) is 9.48 Å². The average molecular weight is 472 g/mol. The number of benzene rings is 2. The highest BCUT2D eigenvalue weighted by atomic mass is 79.9. The van der Waals surface area contributed by atoms with Crippen molar-refractivity contribution in [3.8, 4) is 5.75 Å². The Bertz CT molecular complexity index is 1060. The molecule has 1 aromatic heterocycles. The predicted molar refractivity (Wildman–Crippen MR) is 120 cm³/mol. The van der Waals surface area contributed by atoms with Crippen molar-refractivity contribution in [1.82, 2.24) is 15.1 Å². The Hall–Kier alpha value is -2.38. The quantitative estimate of drug-likeness (QED) is 0.519. The van der Waals surface area contributed by atoms with Crippen molar-refractivity contribution in [2.45, 2.75) is 39.3 Å². The van der Waals surface area contributed by atoms with Crippen LogP contribution in [-0.4, -0.2) is 35.4 Å². The Balaban J connectivity index is 1.62. The molecule has 0 spiro atoms. The van der Waals surface area contributed by atoms with Gasteiger partial charge in [-0.15, -0.1) is 0 Å². The summed E-state index contributed by atoms with van der Waals surface area (Å²) in [6, 6.07) is 12.4. The molecule has 2 heterocycles. The lowest BCUT2D eigenvalue weighted by Crippen LogP contribution is -2.14. The normalized spacial score (nSPS) is 16.2. The number of aryl methyl sites for hydroxylation is 1. The van der Waals surface area contributed by atoms with Gasteiger partial charge in [-0.1, -0.05) is 28.1 Å². The minimum absolute atomic E-state index is 0.199. The molecule has 1 fully saturated rings. The molecule has 1 saturated heterocycles. The molecule has 4 rings (SSSR count). The molecule has 0 aliphatic carbocycles. The predicted octanol–water partition coefficient (Wildman–Crippen LogP) is 4.33. The number of aromatic nitrogens is 2. The Kier molecular flexibility index (Phi) is 6.39. The Morgan fingerprint density at radius 1 is 1.33 bits per heavy atom. The molecule has 0 saturated carbocycles. The molecule has 6 nitrogen and oxygen atoms in total. The molecule has 158 valence electrons. The molecule has 30 heavy (non-hydrogen) atoms. The van der Waals surface area contributed by atoms with Gasteiger partial charge in [0.25, 0.3) is 0 Å². The van der Waals surface area contributed by atoms with Crippen LogP contribution in [0.5, 0.6) is 5.75 Å². The van der Waals surface area contributed by atoms with Gasteiger partial charge in [0.1, 0.15) is 18.1 Å². The van der Waals surface area contributed by atoms with E-state index < -0.39 is 0 Å². The third-order valence-electron chi connectivity index (χ3n) is 5.48. The summed E-state index contributed by atoms with van der Waals surface area (Å²) in [5.41, 5.74) is 3.87. The van der Waals surface area contributed by atoms with Crippen molar-refractivity contribution in [2.24, 2.45) is 0 Å². The van der Waals surface area contributed by atoms with Gasteiger partial charge in [-0.05, 0) is 56.6 Å². The number of ether oxygens (including phenoxy) is 2. The third-order valence-corrected chi connectivity index (χ3v) is 5.98. The van der Waals surface area contributed by atoms with Gasteiger partial charge in [0.15, 0.2) is 0 Å². The molecule has 0 unspecified atom stereocenters. The largest absolute Gasteiger partial charge is 0.487 e. The zero-order valence-electron chi connectivity index (χ0n) is 17.3. The standard InChI is InChI=1S/C23H26BrN3O3/c1-3-29-23(28)12-18-15(2)5-4-6-22(18)30-14-20-19-11-16(24)7-8-21(19)27(26-20)17-9-10-25-13-17/h4-8,11,17,25H,3,9-10,12-14H2,1-2H3/t17-/m0/s1. The molecule has 3 aromatic rings. The van der Waals surface area contributed by atoms with E-state index in [4.69, 9.17) is 14.6 Å². The summed E-state index contributed by atoms with van der Waals surface area (Å²) in [6.07, 6.45) is 1.26. The van der Waals surface area contributed by atoms with Gasteiger partial charge in [0, 0.05) is 22.0 Å². The second-order valence-corrected chi connectivity index (χ2v) is 8.44. The summed E-state index contributed by atoms with van der Waals surface area (Å²) in [4.78, 5) is 12.0. The molecule has 1 N–H and O–H groups in total. The highest BCUT2D eigenvalue weighted by molar-refractivity contribution is 9.10. The molecular formula is C23H26BrN3O3. The number of nitrogens with one attached hydrogen (secondary N) is 1. The van der Waals surface area contributed by atoms with Gasteiger partial charge in [0.05, 0.1) is 24.6 Å². The van der Waals surface area contributed by atoms with Gasteiger partial charge >= 0.3 is 5.97 Å². The van der Waals surface area contributed by atoms with Crippen molar-refractivity contribution >= 4 is 32.8 Å². The summed E-state index contributed by atoms with van der Waals surface area (Å²) in [5.74, 6) is 0.451. The van der Waals surface area contributed by atoms with Crippen LogP contribution in [0.1, 0.15) is 36.2 Å². The molecule has 1 aliphatic heterocycles. The fourth-order valence-corrected chi connectivity index (χ4v) is 4.31. The molecule has 0 radical (unpaired) electrons. The fraction of sp³-hybridized carbons (Fsp3) is 0.391. The van der Waals surface area contributed by atoms with Crippen LogP contribution in [0.25, 0.3) is 10.9 Å². The van der Waals surface area contributed by atoms with E-state index >= 15 is 0 Å². The summed E-state index contributed by atoms with van der Waals surface area (Å²) in [5, 5.41) is 9.40. The van der Waals surface area contributed by atoms with E-state index in [1.165, 1.54) is 0 Å². The fourth-order valence-electron chi connectivity index (χ4n) is 3.95. The lowest BCUT2D eigenvalue weighted by atomic mass is 10.0. The number of halogens is 1. The van der Waals surface area contributed by atoms with Crippen LogP contribution >= 0.6 is 15.9 Å². The molecule has 0 bridgehead atoms. The number of carbonyl (C=O) groups is 1. The topological polar surface area (TPSA) is 65.4 Å². The lowest BCUT2D eigenvalue weighted by molar-refractivity contribution is -0.142. The Labute approximate surface area is 184 Å². The Morgan fingerprint density at radius 2 is 2.20 bits per heavy atom. The van der Waals surface area contributed by atoms with Gasteiger partial charge in [-0.25, -0.2) is 0 Å². The second kappa shape index (κ2) is 9.18. The van der Waals surface area contributed by atoms with Crippen molar-refractivity contribution in [3.05, 3.63) is 57.7 Å². The van der Waals surface area contributed by atoms with Crippen LogP contribution in [0.15, 0.2) is 40.9 Å². The van der Waals surface area contributed by atoms with Gasteiger partial charge in [0.2, 0.25) is 0 Å². The van der Waals surface area contributed by atoms with Gasteiger partial charge in [-0.2, -0.15) is 5.10 Å². The maximum atomic E-state index is 12.0. The van der Waals surface area contributed by atoms with Crippen LogP contribution in [0.2, 0.25) is 0 Å². The highest BCUT2D eigenvalue weighted by Crippen LogP contribution is 2.29. The number of nitrogens with zero attached hydrogens (tertiary/aromatic N) is 2. The maximum absolute atomic E-state index is 12.0. The molecule has 0 amide bonds. The van der Waals surface area contributed by atoms with E-state index in [9.17, 15) is 4.79 Å². The van der Waals surface area contributed by atoms with E-state index in [0.29, 0.717) is 25.0 Å². The number of esters is 1. The number of carbonyl (C=O) groups excluding carboxylic acids is 1. The van der Waals surface area contributed by atoms with Crippen molar-refractivity contribution in [2.75, 3.05) is 19.7 Å². The first-order chi connectivity index (χ1) is 14.6. The van der Waals surface area contributed by atoms with Gasteiger partial charge < -0.3 is 14.8 Å². The van der Waals surface area contributed by atoms with Crippen LogP contribution < -0.4 is 10.1 Å². The van der Waals surface area contributed by atoms with Crippen LogP contribution in [0.3, 0.4) is 0 Å². The maximum Gasteiger partial charge on any atom is 0.310 e. The Morgan fingerprint density at radius 3 is 2.97 bits per heavy atom. The van der Waals surface area contributed by atoms with E-state index in [1.807, 2.05) is 38.1 Å². The second-order valence-electron chi connectivity index (χ2n) is 7.52. The third kappa shape index (κ3) is 4.37. The summed E-state index contributed by atoms with van der Waals surface area (Å²) in [7, 11) is 0. The van der Waals surface area contributed by atoms with Crippen LogP contribution in [-0.2, 0) is 22.6 Å². The summed E-state index contributed by atoms with van der Waals surface area (Å²) in [6.45, 7) is 6.43. The minimum Gasteiger partial charge on any atom is -0.487 e. The minimum atomic E-state index is -0.246. The van der Waals surface area contributed by atoms with Crippen LogP contribution in [0, 0.1) is 6.92 Å². The van der Waals surface area contributed by atoms with Crippen molar-refractivity contribution in [3.63, 3.8) is 0 Å². The monoisotopic (exact) mass is 471 g/mol. The molecule has 7 heteroatoms. The van der Waals surface area contributed by atoms with Crippen molar-refractivity contribution < 1.29 is 14.3 Å². The smallest absolute Gasteiger partial charge is 0.310 e. The van der Waals surface area contributed by atoms with Crippen LogP contribution in [0.4, 0.5) is 0 Å². The molecule has 1 atom stereocenters. The van der Waals surface area contributed by atoms with Crippen molar-refractivity contribution in [1.29, 1.82) is 0 Å². The summed E-state index contributed by atoms with van der Waals surface area (Å²) < 4.78 is 14.5. The molecular weight excluding hydrogens is 446 g/mol. The van der Waals surface area contributed by atoms with E-state index in [1.54, 1.807) is 0 Å². The SMILES string of the molecule is CCOC(=O)Cc1c(C)cccc1OCc1nn([C@H]2CCNC2)c2ccc(Br)cc12. The number of hydrogen-bond acceptors (Lipinski definition) is 5. The highest BCUT2D eigenvalue weighted by Gasteiger charge is 2.22. The zero-order valence-corrected chi connectivity index (χ0v) is 18.9. The van der Waals surface area contributed by atoms with E-state index in [-0.39, 0.29) is 12.4 Å². The first-order valence-corrected chi connectivity index (χ1v) is 11.1. The number of rotatable bonds is 7.